The Morgan fingerprint density at radius 1 is 1.86 bits per heavy atom. The topological polar surface area (TPSA) is 56.7 Å². The molecule has 0 atom stereocenters. The lowest BCUT2D eigenvalue weighted by atomic mass is 10.4. The van der Waals surface area contributed by atoms with Crippen LogP contribution in [0.15, 0.2) is 0 Å². The van der Waals surface area contributed by atoms with Gasteiger partial charge in [0.25, 0.3) is 0 Å². The zero-order valence-corrected chi connectivity index (χ0v) is 4.53. The number of carbonyl (C=O) groups is 1. The first-order chi connectivity index (χ1) is 3.27. The molecule has 3 heteroatoms. The van der Waals surface area contributed by atoms with Crippen molar-refractivity contribution in [2.75, 3.05) is 13.6 Å². The molecule has 0 fully saturated rings. The number of hydrogen-bond acceptors (Lipinski definition) is 2. The second-order valence-corrected chi connectivity index (χ2v) is 1.39. The van der Waals surface area contributed by atoms with Gasteiger partial charge in [-0.05, 0) is 7.05 Å². The van der Waals surface area contributed by atoms with Crippen LogP contribution in [-0.2, 0) is 4.79 Å². The quantitative estimate of drug-likeness (QED) is 0.450. The van der Waals surface area contributed by atoms with Crippen LogP contribution >= 0.6 is 0 Å². The van der Waals surface area contributed by atoms with E-state index in [2.05, 4.69) is 11.1 Å². The van der Waals surface area contributed by atoms with Gasteiger partial charge in [0.15, 0.2) is 0 Å². The second-order valence-electron chi connectivity index (χ2n) is 1.39. The number of hydrogen-bond donors (Lipinski definition) is 2. The largest absolute Gasteiger partial charge is 0.319 e. The van der Waals surface area contributed by atoms with E-state index in [0.717, 1.165) is 6.54 Å². The molecule has 0 heterocycles. The highest BCUT2D eigenvalue weighted by atomic mass is 16.1. The van der Waals surface area contributed by atoms with Gasteiger partial charge in [-0.1, -0.05) is 0 Å². The lowest BCUT2D eigenvalue weighted by Crippen LogP contribution is -2.57. The molecular weight excluding hydrogens is 92.1 g/mol. The van der Waals surface area contributed by atoms with Crippen molar-refractivity contribution < 1.29 is 10.5 Å². The third-order valence-corrected chi connectivity index (χ3v) is 0.654. The maximum Gasteiger partial charge on any atom is 0.310 e. The molecule has 3 nitrogen and oxygen atoms in total. The van der Waals surface area contributed by atoms with E-state index < -0.39 is 0 Å². The van der Waals surface area contributed by atoms with Gasteiger partial charge in [0.1, 0.15) is 0 Å². The molecule has 0 unspecified atom stereocenters. The monoisotopic (exact) mass is 103 g/mol. The van der Waals surface area contributed by atoms with Crippen LogP contribution in [0.5, 0.6) is 0 Å². The van der Waals surface area contributed by atoms with E-state index in [4.69, 9.17) is 0 Å². The first-order valence-electron chi connectivity index (χ1n) is 2.26. The van der Waals surface area contributed by atoms with Gasteiger partial charge in [0.2, 0.25) is 0 Å². The van der Waals surface area contributed by atoms with E-state index in [1.807, 2.05) is 7.05 Å². The summed E-state index contributed by atoms with van der Waals surface area (Å²) < 4.78 is 0. The van der Waals surface area contributed by atoms with Crippen LogP contribution in [0.1, 0.15) is 6.42 Å². The molecule has 0 bridgehead atoms. The fourth-order valence-electron chi connectivity index (χ4n) is 0.264. The predicted molar refractivity (Wildman–Crippen MR) is 26.4 cm³/mol. The van der Waals surface area contributed by atoms with E-state index in [0.29, 0.717) is 6.42 Å². The fourth-order valence-corrected chi connectivity index (χ4v) is 0.264. The Balaban J connectivity index is 2.82. The van der Waals surface area contributed by atoms with Crippen molar-refractivity contribution in [1.29, 1.82) is 0 Å². The van der Waals surface area contributed by atoms with Crippen molar-refractivity contribution >= 4 is 5.91 Å². The summed E-state index contributed by atoms with van der Waals surface area (Å²) in [5.74, 6) is -0.00523. The first kappa shape index (κ1) is 6.59. The van der Waals surface area contributed by atoms with Gasteiger partial charge in [-0.15, -0.1) is 0 Å². The van der Waals surface area contributed by atoms with Crippen LogP contribution in [0.3, 0.4) is 0 Å². The molecule has 0 spiro atoms. The molecule has 0 aromatic heterocycles. The minimum atomic E-state index is -0.00523. The molecule has 0 aliphatic rings. The van der Waals surface area contributed by atoms with Gasteiger partial charge in [-0.3, -0.25) is 5.73 Å². The van der Waals surface area contributed by atoms with Gasteiger partial charge in [-0.2, -0.15) is 0 Å². The van der Waals surface area contributed by atoms with Crippen LogP contribution < -0.4 is 11.1 Å². The highest BCUT2D eigenvalue weighted by molar-refractivity contribution is 5.64. The zero-order valence-electron chi connectivity index (χ0n) is 4.53. The Bertz CT molecular complexity index is 62.7. The van der Waals surface area contributed by atoms with E-state index in [9.17, 15) is 4.79 Å². The summed E-state index contributed by atoms with van der Waals surface area (Å²) in [5, 5.41) is 2.84. The molecule has 0 aromatic carbocycles. The summed E-state index contributed by atoms with van der Waals surface area (Å²) in [4.78, 5) is 10.1. The van der Waals surface area contributed by atoms with Crippen LogP contribution in [0, 0.1) is 0 Å². The van der Waals surface area contributed by atoms with Crippen molar-refractivity contribution in [2.24, 2.45) is 0 Å². The highest BCUT2D eigenvalue weighted by Crippen LogP contribution is 1.65. The highest BCUT2D eigenvalue weighted by Gasteiger charge is 1.92. The smallest absolute Gasteiger partial charge is 0.310 e. The summed E-state index contributed by atoms with van der Waals surface area (Å²) in [7, 11) is 1.81. The summed E-state index contributed by atoms with van der Waals surface area (Å²) in [6, 6.07) is 0. The Morgan fingerprint density at radius 2 is 2.43 bits per heavy atom. The van der Waals surface area contributed by atoms with E-state index in [1.54, 1.807) is 0 Å². The van der Waals surface area contributed by atoms with Crippen molar-refractivity contribution in [3.63, 3.8) is 0 Å². The Kier molecular flexibility index (Phi) is 3.55. The fraction of sp³-hybridized carbons (Fsp3) is 0.750. The standard InChI is InChI=1S/C4H10N2O/c1-6-3-2-4(5)7/h6H,2-3H2,1H3,(H2,5,7)/p+1. The lowest BCUT2D eigenvalue weighted by molar-refractivity contribution is -0.305. The molecule has 0 aromatic rings. The average molecular weight is 103 g/mol. The van der Waals surface area contributed by atoms with Gasteiger partial charge in [0, 0.05) is 6.54 Å². The minimum Gasteiger partial charge on any atom is -0.319 e. The van der Waals surface area contributed by atoms with Crippen LogP contribution in [-0.4, -0.2) is 19.5 Å². The number of amides is 1. The number of rotatable bonds is 3. The summed E-state index contributed by atoms with van der Waals surface area (Å²) in [6.45, 7) is 0.738. The van der Waals surface area contributed by atoms with Crippen LogP contribution in [0.4, 0.5) is 0 Å². The van der Waals surface area contributed by atoms with Crippen molar-refractivity contribution in [2.45, 2.75) is 6.42 Å². The Morgan fingerprint density at radius 3 is 2.57 bits per heavy atom. The van der Waals surface area contributed by atoms with Gasteiger partial charge >= 0.3 is 5.91 Å². The number of carbonyl (C=O) groups excluding carboxylic acids is 1. The molecule has 0 rings (SSSR count). The Labute approximate surface area is 42.9 Å². The summed E-state index contributed by atoms with van der Waals surface area (Å²) >= 11 is 0. The number of quaternary nitrogens is 1. The van der Waals surface area contributed by atoms with Gasteiger partial charge in [0.05, 0.1) is 6.42 Å². The molecule has 1 amide bonds. The van der Waals surface area contributed by atoms with Gasteiger partial charge in [-0.25, -0.2) is 4.79 Å². The summed E-state index contributed by atoms with van der Waals surface area (Å²) in [5.41, 5.74) is 3.20. The zero-order chi connectivity index (χ0) is 5.70. The van der Waals surface area contributed by atoms with Crippen LogP contribution in [0.2, 0.25) is 0 Å². The number of nitrogens with one attached hydrogen (secondary N) is 1. The normalized spacial score (nSPS) is 8.86. The van der Waals surface area contributed by atoms with Crippen molar-refractivity contribution in [3.05, 3.63) is 0 Å². The predicted octanol–water partition coefficient (Wildman–Crippen LogP) is -1.64. The maximum absolute atomic E-state index is 10.1. The molecule has 0 saturated carbocycles. The van der Waals surface area contributed by atoms with Gasteiger partial charge < -0.3 is 5.32 Å². The average Bonchev–Trinajstić information content (AvgIpc) is 1.61. The molecule has 0 aliphatic carbocycles. The van der Waals surface area contributed by atoms with E-state index in [-0.39, 0.29) is 5.91 Å². The van der Waals surface area contributed by atoms with Crippen molar-refractivity contribution in [3.8, 4) is 0 Å². The molecular formula is C4H11N2O+. The summed E-state index contributed by atoms with van der Waals surface area (Å²) in [6.07, 6.45) is 0.538. The minimum absolute atomic E-state index is 0.00523. The van der Waals surface area contributed by atoms with Crippen LogP contribution in [0.25, 0.3) is 0 Å². The van der Waals surface area contributed by atoms with E-state index in [1.165, 1.54) is 0 Å². The van der Waals surface area contributed by atoms with E-state index >= 15 is 0 Å². The SMILES string of the molecule is CNCCC([NH3+])=O. The molecule has 4 N–H and O–H groups in total. The molecule has 7 heavy (non-hydrogen) atoms. The third-order valence-electron chi connectivity index (χ3n) is 0.654. The maximum atomic E-state index is 10.1. The second kappa shape index (κ2) is 3.77. The lowest BCUT2D eigenvalue weighted by Gasteiger charge is -1.87. The molecule has 0 saturated heterocycles. The Hall–Kier alpha value is -0.410. The molecule has 0 radical (unpaired) electrons. The first-order valence-corrected chi connectivity index (χ1v) is 2.26. The third kappa shape index (κ3) is 5.59. The molecule has 0 aliphatic heterocycles. The van der Waals surface area contributed by atoms with Crippen molar-refractivity contribution in [1.82, 2.24) is 5.32 Å². The molecule has 42 valence electrons.